The number of thioether (sulfide) groups is 1. The van der Waals surface area contributed by atoms with Crippen molar-refractivity contribution >= 4 is 11.8 Å². The van der Waals surface area contributed by atoms with E-state index in [2.05, 4.69) is 51.0 Å². The first kappa shape index (κ1) is 17.4. The van der Waals surface area contributed by atoms with Crippen molar-refractivity contribution in [2.45, 2.75) is 36.2 Å². The summed E-state index contributed by atoms with van der Waals surface area (Å²) in [5, 5.41) is 9.98. The van der Waals surface area contributed by atoms with Gasteiger partial charge in [0.15, 0.2) is 5.16 Å². The molecule has 0 amide bonds. The SMILES string of the molecule is Cn1c(SCc2ccccc2)nnc1C1CCCN(Cc2ccoc2)C1. The van der Waals surface area contributed by atoms with Gasteiger partial charge >= 0.3 is 0 Å². The molecule has 5 nitrogen and oxygen atoms in total. The average Bonchev–Trinajstić information content (AvgIpc) is 3.31. The van der Waals surface area contributed by atoms with Crippen LogP contribution in [0, 0.1) is 0 Å². The molecule has 3 aromatic rings. The van der Waals surface area contributed by atoms with Gasteiger partial charge in [0.05, 0.1) is 12.5 Å². The molecule has 4 rings (SSSR count). The van der Waals surface area contributed by atoms with E-state index < -0.39 is 0 Å². The molecule has 0 radical (unpaired) electrons. The highest BCUT2D eigenvalue weighted by Gasteiger charge is 2.26. The van der Waals surface area contributed by atoms with Gasteiger partial charge in [-0.2, -0.15) is 0 Å². The topological polar surface area (TPSA) is 47.1 Å². The lowest BCUT2D eigenvalue weighted by molar-refractivity contribution is 0.194. The molecule has 1 atom stereocenters. The molecule has 0 bridgehead atoms. The van der Waals surface area contributed by atoms with Crippen LogP contribution >= 0.6 is 11.8 Å². The zero-order valence-corrected chi connectivity index (χ0v) is 15.9. The molecular weight excluding hydrogens is 344 g/mol. The van der Waals surface area contributed by atoms with Crippen LogP contribution in [0.3, 0.4) is 0 Å². The molecule has 0 aliphatic carbocycles. The highest BCUT2D eigenvalue weighted by Crippen LogP contribution is 2.29. The third kappa shape index (κ3) is 4.02. The van der Waals surface area contributed by atoms with E-state index in [9.17, 15) is 0 Å². The van der Waals surface area contributed by atoms with Gasteiger partial charge in [0.2, 0.25) is 0 Å². The predicted octanol–water partition coefficient (Wildman–Crippen LogP) is 4.08. The van der Waals surface area contributed by atoms with Crippen LogP contribution in [0.5, 0.6) is 0 Å². The average molecular weight is 369 g/mol. The number of furan rings is 1. The fourth-order valence-electron chi connectivity index (χ4n) is 3.58. The van der Waals surface area contributed by atoms with Crippen molar-refractivity contribution in [3.8, 4) is 0 Å². The monoisotopic (exact) mass is 368 g/mol. The number of benzene rings is 1. The van der Waals surface area contributed by atoms with Crippen LogP contribution in [-0.2, 0) is 19.3 Å². The van der Waals surface area contributed by atoms with E-state index in [1.54, 1.807) is 18.0 Å². The second-order valence-electron chi connectivity index (χ2n) is 6.88. The zero-order valence-electron chi connectivity index (χ0n) is 15.0. The van der Waals surface area contributed by atoms with E-state index in [4.69, 9.17) is 4.42 Å². The van der Waals surface area contributed by atoms with Crippen molar-refractivity contribution in [1.29, 1.82) is 0 Å². The van der Waals surface area contributed by atoms with Gasteiger partial charge in [-0.05, 0) is 31.0 Å². The third-order valence-corrected chi connectivity index (χ3v) is 6.03. The predicted molar refractivity (Wildman–Crippen MR) is 103 cm³/mol. The molecule has 136 valence electrons. The number of likely N-dealkylation sites (tertiary alicyclic amines) is 1. The quantitative estimate of drug-likeness (QED) is 0.614. The number of hydrogen-bond donors (Lipinski definition) is 0. The van der Waals surface area contributed by atoms with Crippen LogP contribution in [0.25, 0.3) is 0 Å². The molecule has 1 aromatic carbocycles. The first-order valence-corrected chi connectivity index (χ1v) is 10.1. The van der Waals surface area contributed by atoms with E-state index in [1.807, 2.05) is 18.4 Å². The number of nitrogens with zero attached hydrogens (tertiary/aromatic N) is 4. The van der Waals surface area contributed by atoms with E-state index in [0.29, 0.717) is 5.92 Å². The van der Waals surface area contributed by atoms with Gasteiger partial charge in [-0.15, -0.1) is 10.2 Å². The van der Waals surface area contributed by atoms with Crippen molar-refractivity contribution in [2.24, 2.45) is 7.05 Å². The third-order valence-electron chi connectivity index (χ3n) is 4.94. The summed E-state index contributed by atoms with van der Waals surface area (Å²) in [5.74, 6) is 2.47. The Morgan fingerprint density at radius 3 is 2.85 bits per heavy atom. The largest absolute Gasteiger partial charge is 0.472 e. The summed E-state index contributed by atoms with van der Waals surface area (Å²) < 4.78 is 7.38. The molecule has 1 saturated heterocycles. The summed E-state index contributed by atoms with van der Waals surface area (Å²) in [6.07, 6.45) is 5.96. The van der Waals surface area contributed by atoms with Gasteiger partial charge in [-0.1, -0.05) is 42.1 Å². The zero-order chi connectivity index (χ0) is 17.8. The Kier molecular flexibility index (Phi) is 5.41. The smallest absolute Gasteiger partial charge is 0.191 e. The Balaban J connectivity index is 1.40. The minimum Gasteiger partial charge on any atom is -0.472 e. The first-order valence-electron chi connectivity index (χ1n) is 9.09. The molecule has 1 aliphatic rings. The van der Waals surface area contributed by atoms with Crippen LogP contribution in [0.2, 0.25) is 0 Å². The lowest BCUT2D eigenvalue weighted by Crippen LogP contribution is -2.34. The highest BCUT2D eigenvalue weighted by atomic mass is 32.2. The van der Waals surface area contributed by atoms with Crippen LogP contribution in [-0.4, -0.2) is 32.8 Å². The minimum absolute atomic E-state index is 0.444. The molecule has 3 heterocycles. The van der Waals surface area contributed by atoms with E-state index in [-0.39, 0.29) is 0 Å². The second kappa shape index (κ2) is 8.10. The van der Waals surface area contributed by atoms with Crippen LogP contribution in [0.15, 0.2) is 58.5 Å². The van der Waals surface area contributed by atoms with Crippen molar-refractivity contribution in [3.63, 3.8) is 0 Å². The molecule has 1 unspecified atom stereocenters. The molecule has 6 heteroatoms. The number of hydrogen-bond acceptors (Lipinski definition) is 5. The van der Waals surface area contributed by atoms with Gasteiger partial charge in [0, 0.05) is 37.4 Å². The second-order valence-corrected chi connectivity index (χ2v) is 7.82. The van der Waals surface area contributed by atoms with Gasteiger partial charge < -0.3 is 8.98 Å². The van der Waals surface area contributed by atoms with Crippen molar-refractivity contribution in [1.82, 2.24) is 19.7 Å². The fraction of sp³-hybridized carbons (Fsp3) is 0.400. The Morgan fingerprint density at radius 1 is 1.15 bits per heavy atom. The minimum atomic E-state index is 0.444. The van der Waals surface area contributed by atoms with Crippen LogP contribution in [0.4, 0.5) is 0 Å². The molecule has 26 heavy (non-hydrogen) atoms. The van der Waals surface area contributed by atoms with E-state index in [0.717, 1.165) is 36.4 Å². The van der Waals surface area contributed by atoms with Crippen LogP contribution in [0.1, 0.15) is 35.7 Å². The lowest BCUT2D eigenvalue weighted by atomic mass is 9.97. The molecule has 0 saturated carbocycles. The maximum Gasteiger partial charge on any atom is 0.191 e. The maximum atomic E-state index is 5.20. The molecule has 0 spiro atoms. The Bertz CT molecular complexity index is 816. The molecule has 1 aliphatic heterocycles. The van der Waals surface area contributed by atoms with Gasteiger partial charge in [-0.3, -0.25) is 4.90 Å². The summed E-state index contributed by atoms with van der Waals surface area (Å²) in [6, 6.07) is 12.6. The summed E-state index contributed by atoms with van der Waals surface area (Å²) in [5.41, 5.74) is 2.55. The summed E-state index contributed by atoms with van der Waals surface area (Å²) in [7, 11) is 2.09. The fourth-order valence-corrected chi connectivity index (χ4v) is 4.45. The molecule has 0 N–H and O–H groups in total. The summed E-state index contributed by atoms with van der Waals surface area (Å²) in [6.45, 7) is 3.11. The molecule has 2 aromatic heterocycles. The standard InChI is InChI=1S/C20H24N4OS/c1-23-19(21-22-20(23)26-15-16-6-3-2-4-7-16)18-8-5-10-24(13-18)12-17-9-11-25-14-17/h2-4,6-7,9,11,14,18H,5,8,10,12-13,15H2,1H3. The Labute approximate surface area is 158 Å². The van der Waals surface area contributed by atoms with Crippen molar-refractivity contribution in [3.05, 3.63) is 65.9 Å². The van der Waals surface area contributed by atoms with Gasteiger partial charge in [0.1, 0.15) is 5.82 Å². The number of piperidine rings is 1. The summed E-state index contributed by atoms with van der Waals surface area (Å²) in [4.78, 5) is 2.49. The summed E-state index contributed by atoms with van der Waals surface area (Å²) >= 11 is 1.75. The lowest BCUT2D eigenvalue weighted by Gasteiger charge is -2.31. The molecular formula is C20H24N4OS. The Hall–Kier alpha value is -2.05. The normalized spacial score (nSPS) is 18.3. The van der Waals surface area contributed by atoms with Gasteiger partial charge in [-0.25, -0.2) is 0 Å². The highest BCUT2D eigenvalue weighted by molar-refractivity contribution is 7.98. The molecule has 1 fully saturated rings. The number of rotatable bonds is 6. The van der Waals surface area contributed by atoms with E-state index >= 15 is 0 Å². The van der Waals surface area contributed by atoms with Crippen molar-refractivity contribution < 1.29 is 4.42 Å². The Morgan fingerprint density at radius 2 is 2.04 bits per heavy atom. The maximum absolute atomic E-state index is 5.20. The first-order chi connectivity index (χ1) is 12.8. The van der Waals surface area contributed by atoms with Crippen LogP contribution < -0.4 is 0 Å². The number of aromatic nitrogens is 3. The van der Waals surface area contributed by atoms with E-state index in [1.165, 1.54) is 24.0 Å². The van der Waals surface area contributed by atoms with Gasteiger partial charge in [0.25, 0.3) is 0 Å². The van der Waals surface area contributed by atoms with Crippen molar-refractivity contribution in [2.75, 3.05) is 13.1 Å².